The number of pyridine rings is 1. The number of benzene rings is 2. The molecule has 0 unspecified atom stereocenters. The number of fused-ring (bicyclic) bond motifs is 1. The molecule has 2 aromatic heterocycles. The van der Waals surface area contributed by atoms with E-state index in [1.807, 2.05) is 12.1 Å². The molecule has 0 radical (unpaired) electrons. The van der Waals surface area contributed by atoms with Gasteiger partial charge in [-0.05, 0) is 48.9 Å². The van der Waals surface area contributed by atoms with Crippen LogP contribution in [0.4, 0.5) is 21.6 Å². The van der Waals surface area contributed by atoms with Crippen LogP contribution in [-0.4, -0.2) is 41.3 Å². The molecule has 1 aliphatic rings. The molecule has 5 rings (SSSR count). The number of hydrogen-bond donors (Lipinski definition) is 1. The lowest BCUT2D eigenvalue weighted by atomic mass is 10.1. The third-order valence-electron chi connectivity index (χ3n) is 5.72. The molecule has 0 spiro atoms. The first-order valence-corrected chi connectivity index (χ1v) is 10.7. The van der Waals surface area contributed by atoms with Crippen LogP contribution in [0.1, 0.15) is 17.0 Å². The van der Waals surface area contributed by atoms with Crippen molar-refractivity contribution in [3.05, 3.63) is 83.7 Å². The maximum atomic E-state index is 13.9. The second-order valence-electron chi connectivity index (χ2n) is 7.86. The molecule has 0 saturated carbocycles. The third kappa shape index (κ3) is 4.24. The van der Waals surface area contributed by atoms with E-state index in [2.05, 4.69) is 44.5 Å². The third-order valence-corrected chi connectivity index (χ3v) is 5.72. The Morgan fingerprint density at radius 1 is 1.03 bits per heavy atom. The highest BCUT2D eigenvalue weighted by molar-refractivity contribution is 5.94. The van der Waals surface area contributed by atoms with Crippen molar-refractivity contribution in [1.82, 2.24) is 15.0 Å². The van der Waals surface area contributed by atoms with Crippen LogP contribution in [0.5, 0.6) is 0 Å². The lowest BCUT2D eigenvalue weighted by molar-refractivity contribution is 0.122. The van der Waals surface area contributed by atoms with Crippen molar-refractivity contribution in [3.63, 3.8) is 0 Å². The Labute approximate surface area is 186 Å². The van der Waals surface area contributed by atoms with Crippen molar-refractivity contribution < 1.29 is 9.13 Å². The number of morpholine rings is 1. The van der Waals surface area contributed by atoms with Crippen LogP contribution in [0.25, 0.3) is 10.9 Å². The van der Waals surface area contributed by atoms with Crippen LogP contribution >= 0.6 is 0 Å². The van der Waals surface area contributed by atoms with Gasteiger partial charge in [0.25, 0.3) is 0 Å². The molecule has 0 aliphatic carbocycles. The molecule has 3 heterocycles. The van der Waals surface area contributed by atoms with Crippen molar-refractivity contribution in [2.24, 2.45) is 0 Å². The summed E-state index contributed by atoms with van der Waals surface area (Å²) in [6.07, 6.45) is 4.07. The zero-order valence-corrected chi connectivity index (χ0v) is 17.9. The summed E-state index contributed by atoms with van der Waals surface area (Å²) in [7, 11) is 0. The molecular weight excluding hydrogens is 405 g/mol. The summed E-state index contributed by atoms with van der Waals surface area (Å²) in [5.41, 5.74) is 4.37. The molecule has 1 saturated heterocycles. The van der Waals surface area contributed by atoms with E-state index in [0.29, 0.717) is 23.3 Å². The van der Waals surface area contributed by atoms with E-state index in [1.54, 1.807) is 25.4 Å². The lowest BCUT2D eigenvalue weighted by Gasteiger charge is -2.29. The summed E-state index contributed by atoms with van der Waals surface area (Å²) >= 11 is 0. The van der Waals surface area contributed by atoms with Crippen molar-refractivity contribution in [1.29, 1.82) is 0 Å². The predicted molar refractivity (Wildman–Crippen MR) is 124 cm³/mol. The standard InChI is InChI=1S/C25H24FN5O/c1-17-21(26)6-5-20-22(7-9-28-25(17)20)29-23-8-10-27-24(30-23)16-18-3-2-4-19(15-18)31-11-13-32-14-12-31/h2-10,15H,11-14,16H2,1H3,(H,27,28,29,30). The largest absolute Gasteiger partial charge is 0.378 e. The molecule has 1 N–H and O–H groups in total. The molecule has 32 heavy (non-hydrogen) atoms. The molecule has 1 fully saturated rings. The SMILES string of the molecule is Cc1c(F)ccc2c(Nc3ccnc(Cc4cccc(N5CCOCC5)c4)n3)ccnc12. The zero-order chi connectivity index (χ0) is 21.9. The van der Waals surface area contributed by atoms with Gasteiger partial charge in [0.2, 0.25) is 0 Å². The summed E-state index contributed by atoms with van der Waals surface area (Å²) < 4.78 is 19.4. The first-order chi connectivity index (χ1) is 15.7. The van der Waals surface area contributed by atoms with Gasteiger partial charge in [-0.2, -0.15) is 0 Å². The maximum absolute atomic E-state index is 13.9. The molecule has 1 aliphatic heterocycles. The van der Waals surface area contributed by atoms with E-state index in [1.165, 1.54) is 11.8 Å². The van der Waals surface area contributed by atoms with Crippen molar-refractivity contribution in [2.75, 3.05) is 36.5 Å². The van der Waals surface area contributed by atoms with E-state index < -0.39 is 0 Å². The Bertz CT molecular complexity index is 1260. The van der Waals surface area contributed by atoms with Crippen LogP contribution in [0, 0.1) is 12.7 Å². The summed E-state index contributed by atoms with van der Waals surface area (Å²) in [4.78, 5) is 15.8. The normalized spacial score (nSPS) is 14.0. The van der Waals surface area contributed by atoms with Gasteiger partial charge in [-0.1, -0.05) is 12.1 Å². The van der Waals surface area contributed by atoms with Crippen LogP contribution in [0.15, 0.2) is 60.9 Å². The second kappa shape index (κ2) is 8.88. The van der Waals surface area contributed by atoms with E-state index in [0.717, 1.165) is 48.8 Å². The molecule has 6 nitrogen and oxygen atoms in total. The van der Waals surface area contributed by atoms with E-state index in [4.69, 9.17) is 9.72 Å². The minimum Gasteiger partial charge on any atom is -0.378 e. The second-order valence-corrected chi connectivity index (χ2v) is 7.86. The Morgan fingerprint density at radius 3 is 2.75 bits per heavy atom. The van der Waals surface area contributed by atoms with Gasteiger partial charge in [-0.25, -0.2) is 14.4 Å². The van der Waals surface area contributed by atoms with E-state index in [9.17, 15) is 4.39 Å². The highest BCUT2D eigenvalue weighted by Gasteiger charge is 2.12. The molecule has 0 amide bonds. The summed E-state index contributed by atoms with van der Waals surface area (Å²) in [5.74, 6) is 1.16. The van der Waals surface area contributed by atoms with Gasteiger partial charge in [0, 0.05) is 48.5 Å². The summed E-state index contributed by atoms with van der Waals surface area (Å²) in [6, 6.07) is 15.4. The highest BCUT2D eigenvalue weighted by Crippen LogP contribution is 2.27. The van der Waals surface area contributed by atoms with E-state index >= 15 is 0 Å². The molecule has 162 valence electrons. The first kappa shape index (κ1) is 20.3. The topological polar surface area (TPSA) is 63.2 Å². The quantitative estimate of drug-likeness (QED) is 0.499. The number of hydrogen-bond acceptors (Lipinski definition) is 6. The Hall–Kier alpha value is -3.58. The number of halogens is 1. The molecule has 7 heteroatoms. The molecule has 0 bridgehead atoms. The van der Waals surface area contributed by atoms with Gasteiger partial charge in [0.15, 0.2) is 0 Å². The summed E-state index contributed by atoms with van der Waals surface area (Å²) in [5, 5.41) is 4.20. The molecule has 4 aromatic rings. The Kier molecular flexibility index (Phi) is 5.64. The zero-order valence-electron chi connectivity index (χ0n) is 17.9. The summed E-state index contributed by atoms with van der Waals surface area (Å²) in [6.45, 7) is 5.07. The van der Waals surface area contributed by atoms with Crippen LogP contribution < -0.4 is 10.2 Å². The van der Waals surface area contributed by atoms with Crippen molar-refractivity contribution >= 4 is 28.1 Å². The number of anilines is 3. The van der Waals surface area contributed by atoms with Gasteiger partial charge in [0.1, 0.15) is 17.5 Å². The van der Waals surface area contributed by atoms with Gasteiger partial charge in [-0.3, -0.25) is 4.98 Å². The minimum atomic E-state index is -0.259. The van der Waals surface area contributed by atoms with E-state index in [-0.39, 0.29) is 5.82 Å². The average Bonchev–Trinajstić information content (AvgIpc) is 2.83. The number of ether oxygens (including phenoxy) is 1. The number of nitrogens with one attached hydrogen (secondary N) is 1. The first-order valence-electron chi connectivity index (χ1n) is 10.7. The van der Waals surface area contributed by atoms with Gasteiger partial charge >= 0.3 is 0 Å². The number of aromatic nitrogens is 3. The number of nitrogens with zero attached hydrogens (tertiary/aromatic N) is 4. The molecular formula is C25H24FN5O. The fourth-order valence-electron chi connectivity index (χ4n) is 4.00. The smallest absolute Gasteiger partial charge is 0.135 e. The predicted octanol–water partition coefficient (Wildman–Crippen LogP) is 4.64. The van der Waals surface area contributed by atoms with Gasteiger partial charge in [-0.15, -0.1) is 0 Å². The monoisotopic (exact) mass is 429 g/mol. The Balaban J connectivity index is 1.37. The van der Waals surface area contributed by atoms with Crippen LogP contribution in [0.2, 0.25) is 0 Å². The fraction of sp³-hybridized carbons (Fsp3) is 0.240. The van der Waals surface area contributed by atoms with Gasteiger partial charge in [0.05, 0.1) is 24.4 Å². The lowest BCUT2D eigenvalue weighted by Crippen LogP contribution is -2.36. The molecule has 0 atom stereocenters. The fourth-order valence-corrected chi connectivity index (χ4v) is 4.00. The van der Waals surface area contributed by atoms with Crippen molar-refractivity contribution in [2.45, 2.75) is 13.3 Å². The van der Waals surface area contributed by atoms with Crippen LogP contribution in [-0.2, 0) is 11.2 Å². The maximum Gasteiger partial charge on any atom is 0.135 e. The Morgan fingerprint density at radius 2 is 1.88 bits per heavy atom. The van der Waals surface area contributed by atoms with Crippen molar-refractivity contribution in [3.8, 4) is 0 Å². The number of aryl methyl sites for hydroxylation is 1. The average molecular weight is 429 g/mol. The molecule has 2 aromatic carbocycles. The number of rotatable bonds is 5. The van der Waals surface area contributed by atoms with Crippen LogP contribution in [0.3, 0.4) is 0 Å². The van der Waals surface area contributed by atoms with Gasteiger partial charge < -0.3 is 15.0 Å². The minimum absolute atomic E-state index is 0.259. The highest BCUT2D eigenvalue weighted by atomic mass is 19.1.